The highest BCUT2D eigenvalue weighted by Gasteiger charge is 2.21. The van der Waals surface area contributed by atoms with E-state index in [4.69, 9.17) is 5.11 Å². The van der Waals surface area contributed by atoms with Gasteiger partial charge in [-0.1, -0.05) is 13.8 Å². The van der Waals surface area contributed by atoms with Crippen LogP contribution in [0.2, 0.25) is 0 Å². The molecule has 1 amide bonds. The molecular weight excluding hydrogens is 210 g/mol. The molecule has 0 spiro atoms. The molecule has 0 fully saturated rings. The van der Waals surface area contributed by atoms with Crippen LogP contribution < -0.4 is 5.32 Å². The van der Waals surface area contributed by atoms with Crippen LogP contribution in [0, 0.1) is 12.8 Å². The lowest BCUT2D eigenvalue weighted by Gasteiger charge is -2.08. The normalized spacial score (nSPS) is 10.6. The monoisotopic (exact) mass is 225 g/mol. The summed E-state index contributed by atoms with van der Waals surface area (Å²) in [6, 6.07) is 0. The molecule has 88 valence electrons. The molecule has 1 heterocycles. The van der Waals surface area contributed by atoms with E-state index < -0.39 is 5.97 Å². The Morgan fingerprint density at radius 2 is 2.00 bits per heavy atom. The molecule has 6 heteroatoms. The number of carbonyl (C=O) groups excluding carboxylic acids is 1. The fourth-order valence-electron chi connectivity index (χ4n) is 1.32. The number of aromatic nitrogens is 2. The average molecular weight is 225 g/mol. The van der Waals surface area contributed by atoms with Gasteiger partial charge in [0.15, 0.2) is 0 Å². The highest BCUT2D eigenvalue weighted by molar-refractivity contribution is 6.00. The molecule has 1 rings (SSSR count). The first kappa shape index (κ1) is 12.2. The van der Waals surface area contributed by atoms with Gasteiger partial charge in [0, 0.05) is 13.0 Å². The minimum Gasteiger partial charge on any atom is -0.477 e. The van der Waals surface area contributed by atoms with Crippen molar-refractivity contribution in [3.63, 3.8) is 0 Å². The lowest BCUT2D eigenvalue weighted by Crippen LogP contribution is -2.21. The molecule has 0 aromatic carbocycles. The topological polar surface area (TPSA) is 84.2 Å². The van der Waals surface area contributed by atoms with Crippen molar-refractivity contribution in [2.75, 3.05) is 5.32 Å². The summed E-state index contributed by atoms with van der Waals surface area (Å²) in [5.41, 5.74) is 0.422. The van der Waals surface area contributed by atoms with Crippen LogP contribution in [0.4, 0.5) is 5.82 Å². The number of aromatic carboxylic acids is 1. The van der Waals surface area contributed by atoms with E-state index in [0.29, 0.717) is 5.69 Å². The molecular formula is C10H15N3O3. The summed E-state index contributed by atoms with van der Waals surface area (Å²) in [6.07, 6.45) is 0. The Bertz CT molecular complexity index is 435. The first-order chi connectivity index (χ1) is 7.34. The van der Waals surface area contributed by atoms with Gasteiger partial charge in [-0.05, 0) is 6.92 Å². The van der Waals surface area contributed by atoms with Crippen LogP contribution in [-0.4, -0.2) is 26.8 Å². The van der Waals surface area contributed by atoms with Crippen molar-refractivity contribution in [3.8, 4) is 0 Å². The summed E-state index contributed by atoms with van der Waals surface area (Å²) in [5.74, 6) is -1.31. The molecule has 0 saturated heterocycles. The van der Waals surface area contributed by atoms with Crippen molar-refractivity contribution in [2.24, 2.45) is 13.0 Å². The van der Waals surface area contributed by atoms with Gasteiger partial charge in [0.2, 0.25) is 5.91 Å². The first-order valence-corrected chi connectivity index (χ1v) is 4.92. The van der Waals surface area contributed by atoms with E-state index in [-0.39, 0.29) is 23.2 Å². The van der Waals surface area contributed by atoms with E-state index in [2.05, 4.69) is 10.4 Å². The number of hydrogen-bond donors (Lipinski definition) is 2. The maximum absolute atomic E-state index is 11.5. The van der Waals surface area contributed by atoms with Crippen LogP contribution in [0.1, 0.15) is 29.9 Å². The van der Waals surface area contributed by atoms with Gasteiger partial charge in [-0.3, -0.25) is 9.48 Å². The van der Waals surface area contributed by atoms with E-state index in [1.54, 1.807) is 27.8 Å². The Morgan fingerprint density at radius 3 is 2.44 bits per heavy atom. The fourth-order valence-corrected chi connectivity index (χ4v) is 1.32. The third kappa shape index (κ3) is 2.21. The zero-order valence-corrected chi connectivity index (χ0v) is 9.74. The predicted molar refractivity (Wildman–Crippen MR) is 58.4 cm³/mol. The maximum Gasteiger partial charge on any atom is 0.341 e. The quantitative estimate of drug-likeness (QED) is 0.804. The summed E-state index contributed by atoms with van der Waals surface area (Å²) < 4.78 is 1.36. The Labute approximate surface area is 93.3 Å². The maximum atomic E-state index is 11.5. The molecule has 0 unspecified atom stereocenters. The van der Waals surface area contributed by atoms with Gasteiger partial charge >= 0.3 is 5.97 Å². The number of aryl methyl sites for hydroxylation is 2. The number of carboxylic acids is 1. The number of hydrogen-bond acceptors (Lipinski definition) is 3. The van der Waals surface area contributed by atoms with Gasteiger partial charge in [-0.25, -0.2) is 4.79 Å². The van der Waals surface area contributed by atoms with E-state index in [1.165, 1.54) is 4.68 Å². The van der Waals surface area contributed by atoms with Crippen LogP contribution >= 0.6 is 0 Å². The molecule has 2 N–H and O–H groups in total. The molecule has 0 bridgehead atoms. The van der Waals surface area contributed by atoms with Gasteiger partial charge in [0.1, 0.15) is 11.4 Å². The molecule has 0 aliphatic rings. The Morgan fingerprint density at radius 1 is 1.44 bits per heavy atom. The molecule has 1 aromatic heterocycles. The first-order valence-electron chi connectivity index (χ1n) is 4.92. The third-order valence-electron chi connectivity index (χ3n) is 2.20. The third-order valence-corrected chi connectivity index (χ3v) is 2.20. The van der Waals surface area contributed by atoms with Crippen LogP contribution in [-0.2, 0) is 11.8 Å². The summed E-state index contributed by atoms with van der Waals surface area (Å²) in [6.45, 7) is 5.06. The van der Waals surface area contributed by atoms with Gasteiger partial charge in [-0.2, -0.15) is 5.10 Å². The fraction of sp³-hybridized carbons (Fsp3) is 0.500. The Hall–Kier alpha value is -1.85. The molecule has 0 radical (unpaired) electrons. The second kappa shape index (κ2) is 4.34. The second-order valence-electron chi connectivity index (χ2n) is 3.88. The predicted octanol–water partition coefficient (Wildman–Crippen LogP) is 1.02. The van der Waals surface area contributed by atoms with Crippen molar-refractivity contribution in [1.29, 1.82) is 0 Å². The highest BCUT2D eigenvalue weighted by atomic mass is 16.4. The van der Waals surface area contributed by atoms with Crippen molar-refractivity contribution in [1.82, 2.24) is 9.78 Å². The van der Waals surface area contributed by atoms with E-state index >= 15 is 0 Å². The van der Waals surface area contributed by atoms with Crippen molar-refractivity contribution in [3.05, 3.63) is 11.3 Å². The largest absolute Gasteiger partial charge is 0.477 e. The molecule has 6 nitrogen and oxygen atoms in total. The van der Waals surface area contributed by atoms with Crippen molar-refractivity contribution in [2.45, 2.75) is 20.8 Å². The van der Waals surface area contributed by atoms with E-state index in [1.807, 2.05) is 0 Å². The number of nitrogens with zero attached hydrogens (tertiary/aromatic N) is 2. The van der Waals surface area contributed by atoms with Crippen LogP contribution in [0.15, 0.2) is 0 Å². The summed E-state index contributed by atoms with van der Waals surface area (Å²) in [4.78, 5) is 22.5. The lowest BCUT2D eigenvalue weighted by atomic mass is 10.2. The van der Waals surface area contributed by atoms with Gasteiger partial charge in [0.25, 0.3) is 0 Å². The van der Waals surface area contributed by atoms with Crippen LogP contribution in [0.5, 0.6) is 0 Å². The Balaban J connectivity index is 3.13. The number of rotatable bonds is 3. The van der Waals surface area contributed by atoms with Crippen LogP contribution in [0.25, 0.3) is 0 Å². The van der Waals surface area contributed by atoms with E-state index in [0.717, 1.165) is 0 Å². The standard InChI is InChI=1S/C10H15N3O3/c1-5(2)9(14)11-8-7(10(15)16)6(3)12-13(8)4/h5H,1-4H3,(H,11,14)(H,15,16). The zero-order chi connectivity index (χ0) is 12.5. The number of amides is 1. The van der Waals surface area contributed by atoms with Crippen molar-refractivity contribution < 1.29 is 14.7 Å². The molecule has 1 aromatic rings. The molecule has 16 heavy (non-hydrogen) atoms. The Kier molecular flexibility index (Phi) is 3.31. The summed E-state index contributed by atoms with van der Waals surface area (Å²) >= 11 is 0. The van der Waals surface area contributed by atoms with Crippen molar-refractivity contribution >= 4 is 17.7 Å². The summed E-state index contributed by atoms with van der Waals surface area (Å²) in [7, 11) is 1.59. The lowest BCUT2D eigenvalue weighted by molar-refractivity contribution is -0.118. The molecule has 0 saturated carbocycles. The van der Waals surface area contributed by atoms with Gasteiger partial charge < -0.3 is 10.4 Å². The highest BCUT2D eigenvalue weighted by Crippen LogP contribution is 2.19. The SMILES string of the molecule is Cc1nn(C)c(NC(=O)C(C)C)c1C(=O)O. The second-order valence-corrected chi connectivity index (χ2v) is 3.88. The smallest absolute Gasteiger partial charge is 0.341 e. The number of nitrogens with one attached hydrogen (secondary N) is 1. The zero-order valence-electron chi connectivity index (χ0n) is 9.74. The summed E-state index contributed by atoms with van der Waals surface area (Å²) in [5, 5.41) is 15.5. The van der Waals surface area contributed by atoms with Gasteiger partial charge in [-0.15, -0.1) is 0 Å². The molecule has 0 atom stereocenters. The van der Waals surface area contributed by atoms with Gasteiger partial charge in [0.05, 0.1) is 5.69 Å². The molecule has 0 aliphatic carbocycles. The number of carbonyl (C=O) groups is 2. The van der Waals surface area contributed by atoms with Crippen LogP contribution in [0.3, 0.4) is 0 Å². The van der Waals surface area contributed by atoms with E-state index in [9.17, 15) is 9.59 Å². The minimum atomic E-state index is -1.09. The molecule has 0 aliphatic heterocycles. The number of anilines is 1. The minimum absolute atomic E-state index is 0.0384. The average Bonchev–Trinajstić information content (AvgIpc) is 2.41. The number of carboxylic acid groups (broad SMARTS) is 1.